The third kappa shape index (κ3) is 5.72. The summed E-state index contributed by atoms with van der Waals surface area (Å²) >= 11 is 9.28. The summed E-state index contributed by atoms with van der Waals surface area (Å²) in [5.41, 5.74) is 3.11. The molecule has 2 amide bonds. The van der Waals surface area contributed by atoms with Crippen LogP contribution >= 0.6 is 27.5 Å². The molecule has 0 aliphatic carbocycles. The smallest absolute Gasteiger partial charge is 0.329 e. The molecule has 0 unspecified atom stereocenters. The van der Waals surface area contributed by atoms with Crippen molar-refractivity contribution in [2.75, 3.05) is 11.9 Å². The maximum atomic E-state index is 11.9. The van der Waals surface area contributed by atoms with Crippen LogP contribution in [0.4, 0.5) is 5.69 Å². The number of nitrogens with one attached hydrogen (secondary N) is 2. The second-order valence-electron chi connectivity index (χ2n) is 4.91. The van der Waals surface area contributed by atoms with Crippen LogP contribution < -0.4 is 15.5 Å². The molecule has 0 atom stereocenters. The summed E-state index contributed by atoms with van der Waals surface area (Å²) in [5.74, 6) is -1.25. The summed E-state index contributed by atoms with van der Waals surface area (Å²) in [7, 11) is 0. The van der Waals surface area contributed by atoms with Gasteiger partial charge in [0.15, 0.2) is 0 Å². The van der Waals surface area contributed by atoms with E-state index in [1.807, 2.05) is 6.07 Å². The SMILES string of the molecule is C=CCOc1ccc(Br)cc1/C=N/NC(=O)C(=O)Nc1ccccc1Cl. The van der Waals surface area contributed by atoms with Gasteiger partial charge in [-0.15, -0.1) is 0 Å². The van der Waals surface area contributed by atoms with Crippen LogP contribution in [0.3, 0.4) is 0 Å². The summed E-state index contributed by atoms with van der Waals surface area (Å²) in [4.78, 5) is 23.7. The van der Waals surface area contributed by atoms with Crippen LogP contribution in [0, 0.1) is 0 Å². The number of para-hydroxylation sites is 1. The number of hydrogen-bond donors (Lipinski definition) is 2. The lowest BCUT2D eigenvalue weighted by molar-refractivity contribution is -0.136. The molecule has 0 spiro atoms. The van der Waals surface area contributed by atoms with Crippen LogP contribution in [0.25, 0.3) is 0 Å². The number of halogens is 2. The van der Waals surface area contributed by atoms with Crippen molar-refractivity contribution in [3.63, 3.8) is 0 Å². The summed E-state index contributed by atoms with van der Waals surface area (Å²) in [6.45, 7) is 3.92. The van der Waals surface area contributed by atoms with Crippen molar-refractivity contribution < 1.29 is 14.3 Å². The number of carbonyl (C=O) groups excluding carboxylic acids is 2. The molecule has 0 aliphatic heterocycles. The lowest BCUT2D eigenvalue weighted by Crippen LogP contribution is -2.32. The van der Waals surface area contributed by atoms with Gasteiger partial charge in [-0.05, 0) is 30.3 Å². The van der Waals surface area contributed by atoms with E-state index in [2.05, 4.69) is 38.4 Å². The van der Waals surface area contributed by atoms with Crippen LogP contribution in [0.5, 0.6) is 5.75 Å². The molecule has 0 radical (unpaired) electrons. The fraction of sp³-hybridized carbons (Fsp3) is 0.0556. The van der Waals surface area contributed by atoms with Crippen LogP contribution in [0.15, 0.2) is 64.7 Å². The van der Waals surface area contributed by atoms with E-state index < -0.39 is 11.8 Å². The molecule has 0 bridgehead atoms. The molecule has 0 heterocycles. The Kier molecular flexibility index (Phi) is 7.37. The predicted octanol–water partition coefficient (Wildman–Crippen LogP) is 3.76. The molecule has 0 fully saturated rings. The first-order valence-electron chi connectivity index (χ1n) is 7.43. The van der Waals surface area contributed by atoms with E-state index in [1.54, 1.807) is 42.5 Å². The molecule has 26 heavy (non-hydrogen) atoms. The van der Waals surface area contributed by atoms with E-state index in [1.165, 1.54) is 6.21 Å². The highest BCUT2D eigenvalue weighted by Crippen LogP contribution is 2.22. The maximum Gasteiger partial charge on any atom is 0.329 e. The Morgan fingerprint density at radius 2 is 2.00 bits per heavy atom. The summed E-state index contributed by atoms with van der Waals surface area (Å²) in [6, 6.07) is 11.9. The lowest BCUT2D eigenvalue weighted by atomic mass is 10.2. The van der Waals surface area contributed by atoms with Gasteiger partial charge in [0.2, 0.25) is 0 Å². The van der Waals surface area contributed by atoms with Crippen molar-refractivity contribution in [3.05, 3.63) is 70.2 Å². The van der Waals surface area contributed by atoms with Crippen molar-refractivity contribution in [3.8, 4) is 5.75 Å². The lowest BCUT2D eigenvalue weighted by Gasteiger charge is -2.07. The monoisotopic (exact) mass is 435 g/mol. The molecule has 0 aromatic heterocycles. The summed E-state index contributed by atoms with van der Waals surface area (Å²) < 4.78 is 6.31. The first kappa shape index (κ1) is 19.7. The number of nitrogens with zero attached hydrogens (tertiary/aromatic N) is 1. The number of rotatable bonds is 6. The largest absolute Gasteiger partial charge is 0.489 e. The molecular weight excluding hydrogens is 422 g/mol. The number of hydrogen-bond acceptors (Lipinski definition) is 4. The third-order valence-electron chi connectivity index (χ3n) is 3.03. The Morgan fingerprint density at radius 1 is 1.23 bits per heavy atom. The first-order chi connectivity index (χ1) is 12.5. The van der Waals surface area contributed by atoms with Gasteiger partial charge in [-0.1, -0.05) is 52.3 Å². The van der Waals surface area contributed by atoms with Gasteiger partial charge in [0.1, 0.15) is 12.4 Å². The highest BCUT2D eigenvalue weighted by atomic mass is 79.9. The minimum absolute atomic E-state index is 0.328. The van der Waals surface area contributed by atoms with Gasteiger partial charge in [0, 0.05) is 10.0 Å². The zero-order valence-electron chi connectivity index (χ0n) is 13.5. The third-order valence-corrected chi connectivity index (χ3v) is 3.85. The Morgan fingerprint density at radius 3 is 2.73 bits per heavy atom. The number of ether oxygens (including phenoxy) is 1. The zero-order chi connectivity index (χ0) is 18.9. The van der Waals surface area contributed by atoms with E-state index in [4.69, 9.17) is 16.3 Å². The van der Waals surface area contributed by atoms with Crippen LogP contribution in [-0.2, 0) is 9.59 Å². The molecule has 0 saturated heterocycles. The molecule has 0 aliphatic rings. The second kappa shape index (κ2) is 9.74. The Hall–Kier alpha value is -2.64. The molecular formula is C18H15BrClN3O3. The average molecular weight is 437 g/mol. The fourth-order valence-corrected chi connectivity index (χ4v) is 2.42. The molecule has 6 nitrogen and oxygen atoms in total. The Labute approximate surface area is 164 Å². The van der Waals surface area contributed by atoms with Gasteiger partial charge < -0.3 is 10.1 Å². The van der Waals surface area contributed by atoms with E-state index >= 15 is 0 Å². The first-order valence-corrected chi connectivity index (χ1v) is 8.60. The molecule has 134 valence electrons. The predicted molar refractivity (Wildman–Crippen MR) is 106 cm³/mol. The standard InChI is InChI=1S/C18H15BrClN3O3/c1-2-9-26-16-8-7-13(19)10-12(16)11-21-23-18(25)17(24)22-15-6-4-3-5-14(15)20/h2-8,10-11H,1,9H2,(H,22,24)(H,23,25)/b21-11+. The van der Waals surface area contributed by atoms with Gasteiger partial charge in [-0.3, -0.25) is 9.59 Å². The zero-order valence-corrected chi connectivity index (χ0v) is 15.9. The molecule has 2 N–H and O–H groups in total. The van der Waals surface area contributed by atoms with Crippen molar-refractivity contribution in [1.29, 1.82) is 0 Å². The van der Waals surface area contributed by atoms with E-state index in [0.29, 0.717) is 28.6 Å². The van der Waals surface area contributed by atoms with Crippen molar-refractivity contribution >= 4 is 51.2 Å². The summed E-state index contributed by atoms with van der Waals surface area (Å²) in [6.07, 6.45) is 2.99. The Bertz CT molecular complexity index is 855. The van der Waals surface area contributed by atoms with Gasteiger partial charge in [-0.25, -0.2) is 5.43 Å². The molecule has 2 aromatic carbocycles. The molecule has 8 heteroatoms. The Balaban J connectivity index is 2.00. The van der Waals surface area contributed by atoms with E-state index in [9.17, 15) is 9.59 Å². The van der Waals surface area contributed by atoms with Crippen LogP contribution in [-0.4, -0.2) is 24.6 Å². The second-order valence-corrected chi connectivity index (χ2v) is 6.24. The number of amides is 2. The van der Waals surface area contributed by atoms with Crippen molar-refractivity contribution in [1.82, 2.24) is 5.43 Å². The highest BCUT2D eigenvalue weighted by Gasteiger charge is 2.14. The molecule has 0 saturated carbocycles. The number of carbonyl (C=O) groups is 2. The number of benzene rings is 2. The van der Waals surface area contributed by atoms with Crippen LogP contribution in [0.2, 0.25) is 5.02 Å². The van der Waals surface area contributed by atoms with Crippen LogP contribution in [0.1, 0.15) is 5.56 Å². The van der Waals surface area contributed by atoms with E-state index in [-0.39, 0.29) is 0 Å². The van der Waals surface area contributed by atoms with Gasteiger partial charge >= 0.3 is 11.8 Å². The van der Waals surface area contributed by atoms with Gasteiger partial charge in [0.05, 0.1) is 16.9 Å². The number of hydrazone groups is 1. The average Bonchev–Trinajstić information content (AvgIpc) is 2.62. The molecule has 2 aromatic rings. The normalized spacial score (nSPS) is 10.4. The topological polar surface area (TPSA) is 79.8 Å². The highest BCUT2D eigenvalue weighted by molar-refractivity contribution is 9.10. The van der Waals surface area contributed by atoms with Gasteiger partial charge in [-0.2, -0.15) is 5.10 Å². The van der Waals surface area contributed by atoms with Crippen molar-refractivity contribution in [2.24, 2.45) is 5.10 Å². The fourth-order valence-electron chi connectivity index (χ4n) is 1.85. The quantitative estimate of drug-likeness (QED) is 0.313. The minimum atomic E-state index is -0.926. The minimum Gasteiger partial charge on any atom is -0.489 e. The number of anilines is 1. The maximum absolute atomic E-state index is 11.9. The van der Waals surface area contributed by atoms with E-state index in [0.717, 1.165) is 4.47 Å². The van der Waals surface area contributed by atoms with Gasteiger partial charge in [0.25, 0.3) is 0 Å². The van der Waals surface area contributed by atoms with Crippen molar-refractivity contribution in [2.45, 2.75) is 0 Å². The molecule has 2 rings (SSSR count). The summed E-state index contributed by atoms with van der Waals surface area (Å²) in [5, 5.41) is 6.53.